The zero-order chi connectivity index (χ0) is 11.6. The van der Waals surface area contributed by atoms with Gasteiger partial charge in [0.15, 0.2) is 0 Å². The van der Waals surface area contributed by atoms with E-state index in [4.69, 9.17) is 5.11 Å². The van der Waals surface area contributed by atoms with Crippen molar-refractivity contribution in [2.45, 2.75) is 0 Å². The lowest BCUT2D eigenvalue weighted by atomic mass is 10.1. The van der Waals surface area contributed by atoms with Crippen molar-refractivity contribution in [2.75, 3.05) is 0 Å². The molecule has 2 nitrogen and oxygen atoms in total. The van der Waals surface area contributed by atoms with Gasteiger partial charge >= 0.3 is 5.97 Å². The largest absolute Gasteiger partial charge is 0.478 e. The van der Waals surface area contributed by atoms with Gasteiger partial charge in [0.05, 0.1) is 5.57 Å². The first-order chi connectivity index (χ1) is 6.99. The average molecular weight is 403 g/mol. The van der Waals surface area contributed by atoms with Gasteiger partial charge in [-0.2, -0.15) is 0 Å². The highest BCUT2D eigenvalue weighted by Gasteiger charge is 2.16. The number of aliphatic carboxylic acids is 1. The fraction of sp³-hybridized carbons (Fsp3) is 0. The van der Waals surface area contributed by atoms with Crippen molar-refractivity contribution < 1.29 is 14.3 Å². The Labute approximate surface area is 111 Å². The highest BCUT2D eigenvalue weighted by molar-refractivity contribution is 9.14. The second-order valence-corrected chi connectivity index (χ2v) is 4.99. The van der Waals surface area contributed by atoms with Gasteiger partial charge in [-0.25, -0.2) is 9.18 Å². The van der Waals surface area contributed by atoms with E-state index in [1.165, 1.54) is 6.07 Å². The molecule has 0 aromatic heterocycles. The van der Waals surface area contributed by atoms with Crippen molar-refractivity contribution in [3.05, 3.63) is 37.4 Å². The zero-order valence-electron chi connectivity index (χ0n) is 7.10. The van der Waals surface area contributed by atoms with E-state index < -0.39 is 11.5 Å². The van der Waals surface area contributed by atoms with E-state index in [1.807, 2.05) is 0 Å². The number of halogens is 4. The molecule has 1 aromatic carbocycles. The summed E-state index contributed by atoms with van der Waals surface area (Å²) in [5.41, 5.74) is -0.116. The quantitative estimate of drug-likeness (QED) is 0.589. The molecule has 0 bridgehead atoms. The Balaban J connectivity index is 3.39. The third-order valence-electron chi connectivity index (χ3n) is 1.66. The molecule has 0 saturated carbocycles. The molecule has 0 saturated heterocycles. The molecule has 0 amide bonds. The van der Waals surface area contributed by atoms with E-state index in [0.717, 1.165) is 4.47 Å². The number of rotatable bonds is 2. The van der Waals surface area contributed by atoms with Crippen molar-refractivity contribution >= 4 is 59.3 Å². The van der Waals surface area contributed by atoms with Gasteiger partial charge in [0.1, 0.15) is 6.33 Å². The molecule has 1 N–H and O–H groups in total. The van der Waals surface area contributed by atoms with Gasteiger partial charge < -0.3 is 5.11 Å². The van der Waals surface area contributed by atoms with Crippen LogP contribution in [0.1, 0.15) is 5.56 Å². The van der Waals surface area contributed by atoms with E-state index >= 15 is 0 Å². The molecule has 0 spiro atoms. The van der Waals surface area contributed by atoms with Gasteiger partial charge in [0, 0.05) is 19.0 Å². The van der Waals surface area contributed by atoms with Crippen LogP contribution in [0.4, 0.5) is 4.39 Å². The van der Waals surface area contributed by atoms with Gasteiger partial charge in [-0.3, -0.25) is 0 Å². The first-order valence-corrected chi connectivity index (χ1v) is 6.04. The third kappa shape index (κ3) is 2.68. The van der Waals surface area contributed by atoms with Gasteiger partial charge in [0.2, 0.25) is 0 Å². The van der Waals surface area contributed by atoms with Crippen molar-refractivity contribution in [2.24, 2.45) is 0 Å². The summed E-state index contributed by atoms with van der Waals surface area (Å²) in [6.45, 7) is 0. The third-order valence-corrected chi connectivity index (χ3v) is 5.04. The first kappa shape index (κ1) is 12.9. The summed E-state index contributed by atoms with van der Waals surface area (Å²) in [6.07, 6.45) is 0.0722. The summed E-state index contributed by atoms with van der Waals surface area (Å²) in [4.78, 5) is 10.7. The smallest absolute Gasteiger partial charge is 0.338 e. The predicted molar refractivity (Wildman–Crippen MR) is 66.3 cm³/mol. The number of carboxylic acids is 1. The molecular weight excluding hydrogens is 399 g/mol. The highest BCUT2D eigenvalue weighted by Crippen LogP contribution is 2.36. The normalized spacial score (nSPS) is 11.6. The number of hydrogen-bond donors (Lipinski definition) is 1. The Morgan fingerprint density at radius 1 is 1.27 bits per heavy atom. The standard InChI is InChI=1S/C9H4Br3FO2/c10-6-2-1-4(7(11)8(6)12)5(3-13)9(14)15/h1-3H,(H,14,15). The fourth-order valence-electron chi connectivity index (χ4n) is 0.955. The Morgan fingerprint density at radius 2 is 1.87 bits per heavy atom. The van der Waals surface area contributed by atoms with Crippen LogP contribution in [0.25, 0.3) is 5.57 Å². The minimum Gasteiger partial charge on any atom is -0.478 e. The number of carboxylic acid groups (broad SMARTS) is 1. The number of benzene rings is 1. The maximum atomic E-state index is 12.4. The minimum absolute atomic E-state index is 0.0722. The molecule has 0 unspecified atom stereocenters. The lowest BCUT2D eigenvalue weighted by Gasteiger charge is -2.07. The van der Waals surface area contributed by atoms with Crippen LogP contribution in [-0.4, -0.2) is 11.1 Å². The van der Waals surface area contributed by atoms with Crippen LogP contribution in [0.5, 0.6) is 0 Å². The Bertz CT molecular complexity index is 443. The number of hydrogen-bond acceptors (Lipinski definition) is 1. The van der Waals surface area contributed by atoms with E-state index in [-0.39, 0.29) is 11.9 Å². The van der Waals surface area contributed by atoms with Crippen molar-refractivity contribution in [3.63, 3.8) is 0 Å². The Morgan fingerprint density at radius 3 is 2.33 bits per heavy atom. The lowest BCUT2D eigenvalue weighted by Crippen LogP contribution is -2.00. The van der Waals surface area contributed by atoms with Crippen molar-refractivity contribution in [1.82, 2.24) is 0 Å². The van der Waals surface area contributed by atoms with Crippen LogP contribution in [0.15, 0.2) is 31.9 Å². The van der Waals surface area contributed by atoms with E-state index in [1.54, 1.807) is 6.07 Å². The molecule has 0 aliphatic heterocycles. The fourth-order valence-corrected chi connectivity index (χ4v) is 2.46. The van der Waals surface area contributed by atoms with Crippen molar-refractivity contribution in [1.29, 1.82) is 0 Å². The maximum absolute atomic E-state index is 12.4. The van der Waals surface area contributed by atoms with Gasteiger partial charge in [0.25, 0.3) is 0 Å². The Hall–Kier alpha value is -0.200. The van der Waals surface area contributed by atoms with Crippen LogP contribution < -0.4 is 0 Å². The summed E-state index contributed by atoms with van der Waals surface area (Å²) in [7, 11) is 0. The predicted octanol–water partition coefficient (Wildman–Crippen LogP) is 4.37. The van der Waals surface area contributed by atoms with Crippen molar-refractivity contribution in [3.8, 4) is 0 Å². The van der Waals surface area contributed by atoms with Crippen LogP contribution in [0.3, 0.4) is 0 Å². The molecule has 0 aliphatic carbocycles. The molecule has 1 rings (SSSR count). The highest BCUT2D eigenvalue weighted by atomic mass is 79.9. The Kier molecular flexibility index (Phi) is 4.48. The molecule has 0 fully saturated rings. The second kappa shape index (κ2) is 5.23. The molecule has 1 aromatic rings. The number of carbonyl (C=O) groups is 1. The summed E-state index contributed by atoms with van der Waals surface area (Å²) in [5.74, 6) is -1.31. The summed E-state index contributed by atoms with van der Waals surface area (Å²) in [5, 5.41) is 8.76. The van der Waals surface area contributed by atoms with Gasteiger partial charge in [-0.15, -0.1) is 0 Å². The SMILES string of the molecule is O=C(O)C(=CF)c1ccc(Br)c(Br)c1Br. The van der Waals surface area contributed by atoms with E-state index in [9.17, 15) is 9.18 Å². The molecular formula is C9H4Br3FO2. The maximum Gasteiger partial charge on any atom is 0.338 e. The summed E-state index contributed by atoms with van der Waals surface area (Å²) in [6, 6.07) is 3.15. The average Bonchev–Trinajstić information content (AvgIpc) is 2.18. The zero-order valence-corrected chi connectivity index (χ0v) is 11.9. The molecule has 0 atom stereocenters. The van der Waals surface area contributed by atoms with E-state index in [0.29, 0.717) is 8.95 Å². The van der Waals surface area contributed by atoms with Crippen LogP contribution in [-0.2, 0) is 4.79 Å². The van der Waals surface area contributed by atoms with Crippen LogP contribution in [0.2, 0.25) is 0 Å². The first-order valence-electron chi connectivity index (χ1n) is 3.66. The van der Waals surface area contributed by atoms with E-state index in [2.05, 4.69) is 47.8 Å². The molecule has 15 heavy (non-hydrogen) atoms. The molecule has 0 heterocycles. The van der Waals surface area contributed by atoms with Crippen LogP contribution >= 0.6 is 47.8 Å². The second-order valence-electron chi connectivity index (χ2n) is 2.55. The monoisotopic (exact) mass is 400 g/mol. The summed E-state index contributed by atoms with van der Waals surface area (Å²) >= 11 is 9.68. The molecule has 0 radical (unpaired) electrons. The molecule has 6 heteroatoms. The minimum atomic E-state index is -1.31. The summed E-state index contributed by atoms with van der Waals surface area (Å²) < 4.78 is 14.3. The molecule has 0 aliphatic rings. The van der Waals surface area contributed by atoms with Gasteiger partial charge in [-0.1, -0.05) is 6.07 Å². The van der Waals surface area contributed by atoms with Crippen LogP contribution in [0, 0.1) is 0 Å². The topological polar surface area (TPSA) is 37.3 Å². The molecule has 80 valence electrons. The van der Waals surface area contributed by atoms with Gasteiger partial charge in [-0.05, 0) is 53.9 Å². The lowest BCUT2D eigenvalue weighted by molar-refractivity contribution is -0.130.